The van der Waals surface area contributed by atoms with Crippen LogP contribution in [0.2, 0.25) is 0 Å². The van der Waals surface area contributed by atoms with Crippen molar-refractivity contribution in [3.05, 3.63) is 42.2 Å². The van der Waals surface area contributed by atoms with Gasteiger partial charge in [0, 0.05) is 18.0 Å². The molecule has 0 bridgehead atoms. The number of hydrogen-bond donors (Lipinski definition) is 1. The molecule has 0 aliphatic carbocycles. The van der Waals surface area contributed by atoms with E-state index in [1.54, 1.807) is 33.9 Å². The third-order valence-corrected chi connectivity index (χ3v) is 5.33. The van der Waals surface area contributed by atoms with Crippen LogP contribution in [0.3, 0.4) is 0 Å². The van der Waals surface area contributed by atoms with E-state index in [0.717, 1.165) is 10.8 Å². The Bertz CT molecular complexity index is 1090. The lowest BCUT2D eigenvalue weighted by atomic mass is 9.90. The van der Waals surface area contributed by atoms with Gasteiger partial charge < -0.3 is 14.9 Å². The number of alkyl halides is 1. The largest absolute Gasteiger partial charge is 0.460 e. The van der Waals surface area contributed by atoms with Crippen molar-refractivity contribution in [3.63, 3.8) is 0 Å². The molecule has 1 aliphatic heterocycles. The highest BCUT2D eigenvalue weighted by molar-refractivity contribution is 6.12. The van der Waals surface area contributed by atoms with Gasteiger partial charge in [0.05, 0.1) is 12.1 Å². The van der Waals surface area contributed by atoms with Crippen LogP contribution in [0.5, 0.6) is 0 Å². The van der Waals surface area contributed by atoms with Gasteiger partial charge in [0.25, 0.3) is 5.91 Å². The van der Waals surface area contributed by atoms with Crippen LogP contribution >= 0.6 is 0 Å². The van der Waals surface area contributed by atoms with Crippen molar-refractivity contribution < 1.29 is 28.3 Å². The molecular formula is C24H28FN3O5. The predicted octanol–water partition coefficient (Wildman–Crippen LogP) is 3.26. The Morgan fingerprint density at radius 3 is 2.64 bits per heavy atom. The first-order valence-electron chi connectivity index (χ1n) is 10.8. The number of benzene rings is 1. The highest BCUT2D eigenvalue weighted by atomic mass is 19.1. The number of ether oxygens (including phenoxy) is 1. The Morgan fingerprint density at radius 2 is 1.97 bits per heavy atom. The molecule has 1 aromatic heterocycles. The summed E-state index contributed by atoms with van der Waals surface area (Å²) >= 11 is 0. The van der Waals surface area contributed by atoms with Crippen LogP contribution < -0.4 is 5.32 Å². The lowest BCUT2D eigenvalue weighted by Crippen LogP contribution is -2.53. The quantitative estimate of drug-likeness (QED) is 0.610. The summed E-state index contributed by atoms with van der Waals surface area (Å²) in [4.78, 5) is 47.5. The van der Waals surface area contributed by atoms with Gasteiger partial charge in [-0.1, -0.05) is 36.3 Å². The first kappa shape index (κ1) is 24.3. The van der Waals surface area contributed by atoms with E-state index in [9.17, 15) is 18.8 Å². The first-order chi connectivity index (χ1) is 15.6. The smallest absolute Gasteiger partial charge is 0.308 e. The maximum Gasteiger partial charge on any atom is 0.308 e. The zero-order valence-corrected chi connectivity index (χ0v) is 19.2. The number of carbonyl (C=O) groups excluding carboxylic acids is 3. The molecule has 1 amide bonds. The minimum absolute atomic E-state index is 0.110. The number of oxime groups is 1. The number of ketones is 1. The molecule has 3 rings (SSSR count). The number of fused-ring (bicyclic) bond motifs is 1. The fraction of sp³-hybridized carbons (Fsp3) is 0.458. The number of halogens is 1. The minimum Gasteiger partial charge on any atom is -0.460 e. The van der Waals surface area contributed by atoms with Gasteiger partial charge in [0.1, 0.15) is 24.0 Å². The van der Waals surface area contributed by atoms with E-state index in [4.69, 9.17) is 9.57 Å². The molecule has 8 nitrogen and oxygen atoms in total. The SMILES string of the molecule is CCC1(C(=O)NC(CC(=O)OC(C)(C)C)C(=O)CF)CC(c2nccc3ccccc23)=NO1. The third-order valence-electron chi connectivity index (χ3n) is 5.33. The topological polar surface area (TPSA) is 107 Å². The third kappa shape index (κ3) is 5.53. The standard InChI is InChI=1S/C24H28FN3O5/c1-5-24(22(31)27-17(19(29)14-25)12-20(30)32-23(2,3)4)13-18(28-33-24)21-16-9-7-6-8-15(16)10-11-26-21/h6-11,17H,5,12-14H2,1-4H3,(H,27,31). The second-order valence-corrected chi connectivity index (χ2v) is 8.95. The Labute approximate surface area is 191 Å². The molecule has 176 valence electrons. The van der Waals surface area contributed by atoms with Crippen molar-refractivity contribution in [1.29, 1.82) is 0 Å². The maximum absolute atomic E-state index is 13.2. The fourth-order valence-corrected chi connectivity index (χ4v) is 3.60. The van der Waals surface area contributed by atoms with Crippen molar-refractivity contribution in [2.24, 2.45) is 5.16 Å². The molecule has 0 fully saturated rings. The Hall–Kier alpha value is -3.36. The maximum atomic E-state index is 13.2. The molecule has 2 atom stereocenters. The monoisotopic (exact) mass is 457 g/mol. The zero-order valence-electron chi connectivity index (χ0n) is 19.2. The number of rotatable bonds is 8. The van der Waals surface area contributed by atoms with E-state index in [0.29, 0.717) is 11.4 Å². The summed E-state index contributed by atoms with van der Waals surface area (Å²) in [6.07, 6.45) is 1.52. The van der Waals surface area contributed by atoms with Gasteiger partial charge in [-0.15, -0.1) is 0 Å². The number of esters is 1. The molecule has 9 heteroatoms. The number of aromatic nitrogens is 1. The molecule has 1 aromatic carbocycles. The Morgan fingerprint density at radius 1 is 1.24 bits per heavy atom. The lowest BCUT2D eigenvalue weighted by Gasteiger charge is -2.27. The van der Waals surface area contributed by atoms with Crippen LogP contribution in [0.25, 0.3) is 10.8 Å². The average Bonchev–Trinajstić information content (AvgIpc) is 3.22. The van der Waals surface area contributed by atoms with E-state index >= 15 is 0 Å². The normalized spacial score (nSPS) is 18.9. The summed E-state index contributed by atoms with van der Waals surface area (Å²) in [5, 5.41) is 8.44. The van der Waals surface area contributed by atoms with E-state index < -0.39 is 48.0 Å². The summed E-state index contributed by atoms with van der Waals surface area (Å²) < 4.78 is 18.4. The van der Waals surface area contributed by atoms with Crippen LogP contribution in [-0.2, 0) is 24.0 Å². The van der Waals surface area contributed by atoms with Gasteiger partial charge in [-0.05, 0) is 38.6 Å². The molecule has 2 unspecified atom stereocenters. The van der Waals surface area contributed by atoms with Crippen LogP contribution in [0.4, 0.5) is 4.39 Å². The molecule has 2 aromatic rings. The van der Waals surface area contributed by atoms with Gasteiger partial charge >= 0.3 is 5.97 Å². The van der Waals surface area contributed by atoms with Crippen molar-refractivity contribution in [2.75, 3.05) is 6.67 Å². The van der Waals surface area contributed by atoms with E-state index in [1.807, 2.05) is 30.3 Å². The van der Waals surface area contributed by atoms with Crippen LogP contribution in [0.1, 0.15) is 52.7 Å². The zero-order chi connectivity index (χ0) is 24.2. The van der Waals surface area contributed by atoms with Crippen molar-refractivity contribution in [2.45, 2.75) is 64.2 Å². The average molecular weight is 458 g/mol. The highest BCUT2D eigenvalue weighted by Crippen LogP contribution is 2.32. The molecule has 0 saturated heterocycles. The molecule has 1 N–H and O–H groups in total. The van der Waals surface area contributed by atoms with Crippen molar-refractivity contribution in [1.82, 2.24) is 10.3 Å². The second kappa shape index (κ2) is 9.64. The summed E-state index contributed by atoms with van der Waals surface area (Å²) in [6.45, 7) is 5.44. The van der Waals surface area contributed by atoms with Crippen LogP contribution in [0, 0.1) is 0 Å². The molecule has 0 spiro atoms. The molecular weight excluding hydrogens is 429 g/mol. The van der Waals surface area contributed by atoms with Crippen molar-refractivity contribution >= 4 is 34.1 Å². The molecule has 0 saturated carbocycles. The fourth-order valence-electron chi connectivity index (χ4n) is 3.60. The van der Waals surface area contributed by atoms with Gasteiger partial charge in [-0.25, -0.2) is 4.39 Å². The molecule has 0 radical (unpaired) electrons. The lowest BCUT2D eigenvalue weighted by molar-refractivity contribution is -0.157. The summed E-state index contributed by atoms with van der Waals surface area (Å²) in [5.74, 6) is -2.29. The number of pyridine rings is 1. The first-order valence-corrected chi connectivity index (χ1v) is 10.8. The molecule has 1 aliphatic rings. The Kier molecular flexibility index (Phi) is 7.09. The van der Waals surface area contributed by atoms with Crippen LogP contribution in [0.15, 0.2) is 41.7 Å². The van der Waals surface area contributed by atoms with E-state index in [2.05, 4.69) is 15.5 Å². The van der Waals surface area contributed by atoms with Gasteiger partial charge in [-0.2, -0.15) is 0 Å². The number of carbonyl (C=O) groups is 3. The highest BCUT2D eigenvalue weighted by Gasteiger charge is 2.47. The van der Waals surface area contributed by atoms with Crippen molar-refractivity contribution in [3.8, 4) is 0 Å². The molecule has 33 heavy (non-hydrogen) atoms. The summed E-state index contributed by atoms with van der Waals surface area (Å²) in [7, 11) is 0. The van der Waals surface area contributed by atoms with Gasteiger partial charge in [-0.3, -0.25) is 19.4 Å². The number of amides is 1. The van der Waals surface area contributed by atoms with Crippen LogP contribution in [-0.4, -0.2) is 52.3 Å². The number of hydrogen-bond acceptors (Lipinski definition) is 7. The summed E-state index contributed by atoms with van der Waals surface area (Å²) in [6, 6.07) is 8.15. The second-order valence-electron chi connectivity index (χ2n) is 8.95. The van der Waals surface area contributed by atoms with Gasteiger partial charge in [0.2, 0.25) is 5.60 Å². The van der Waals surface area contributed by atoms with E-state index in [1.165, 1.54) is 0 Å². The van der Waals surface area contributed by atoms with E-state index in [-0.39, 0.29) is 12.8 Å². The molecule has 2 heterocycles. The number of nitrogens with one attached hydrogen (secondary N) is 1. The van der Waals surface area contributed by atoms with Gasteiger partial charge in [0.15, 0.2) is 5.78 Å². The predicted molar refractivity (Wildman–Crippen MR) is 120 cm³/mol. The summed E-state index contributed by atoms with van der Waals surface area (Å²) in [5.41, 5.74) is -1.10. The number of Topliss-reactive ketones (excluding diaryl/α,β-unsaturated/α-hetero) is 1. The number of nitrogens with zero attached hydrogens (tertiary/aromatic N) is 2. The minimum atomic E-state index is -1.41. The Balaban J connectivity index is 1.78.